The van der Waals surface area contributed by atoms with Gasteiger partial charge >= 0.3 is 0 Å². The highest BCUT2D eigenvalue weighted by Crippen LogP contribution is 2.30. The van der Waals surface area contributed by atoms with Crippen molar-refractivity contribution in [1.29, 1.82) is 0 Å². The third kappa shape index (κ3) is 5.80. The zero-order valence-electron chi connectivity index (χ0n) is 18.6. The van der Waals surface area contributed by atoms with Crippen molar-refractivity contribution in [2.24, 2.45) is 5.92 Å². The Labute approximate surface area is 195 Å². The number of hydrogen-bond acceptors (Lipinski definition) is 4. The van der Waals surface area contributed by atoms with Crippen molar-refractivity contribution in [3.05, 3.63) is 90.0 Å². The van der Waals surface area contributed by atoms with Crippen molar-refractivity contribution in [3.63, 3.8) is 0 Å². The molecule has 1 fully saturated rings. The number of anilines is 1. The summed E-state index contributed by atoms with van der Waals surface area (Å²) in [4.78, 5) is 13.1. The van der Waals surface area contributed by atoms with Gasteiger partial charge in [-0.25, -0.2) is 12.7 Å². The van der Waals surface area contributed by atoms with Gasteiger partial charge in [0.15, 0.2) is 5.75 Å². The van der Waals surface area contributed by atoms with Crippen LogP contribution >= 0.6 is 0 Å². The van der Waals surface area contributed by atoms with Gasteiger partial charge in [0.25, 0.3) is 0 Å². The van der Waals surface area contributed by atoms with Crippen LogP contribution in [0.25, 0.3) is 0 Å². The van der Waals surface area contributed by atoms with Crippen LogP contribution in [0.4, 0.5) is 5.69 Å². The number of sulfonamides is 1. The molecule has 1 aliphatic rings. The van der Waals surface area contributed by atoms with Crippen LogP contribution in [0.2, 0.25) is 0 Å². The highest BCUT2D eigenvalue weighted by molar-refractivity contribution is 7.88. The fraction of sp³-hybridized carbons (Fsp3) is 0.269. The lowest BCUT2D eigenvalue weighted by Crippen LogP contribution is -2.44. The fourth-order valence-corrected chi connectivity index (χ4v) is 5.69. The Bertz CT molecular complexity index is 1210. The van der Waals surface area contributed by atoms with E-state index in [9.17, 15) is 13.2 Å². The Morgan fingerprint density at radius 1 is 1.00 bits per heavy atom. The molecule has 1 N–H and O–H groups in total. The smallest absolute Gasteiger partial charge is 0.228 e. The predicted molar refractivity (Wildman–Crippen MR) is 130 cm³/mol. The molecule has 0 bridgehead atoms. The van der Waals surface area contributed by atoms with Crippen LogP contribution in [0.15, 0.2) is 78.9 Å². The molecule has 0 saturated carbocycles. The van der Waals surface area contributed by atoms with Crippen molar-refractivity contribution >= 4 is 21.6 Å². The number of nitrogens with zero attached hydrogens (tertiary/aromatic N) is 1. The number of para-hydroxylation sites is 3. The Hall–Kier alpha value is -3.16. The van der Waals surface area contributed by atoms with Gasteiger partial charge in [0, 0.05) is 13.1 Å². The second-order valence-electron chi connectivity index (χ2n) is 8.28. The molecule has 0 spiro atoms. The lowest BCUT2D eigenvalue weighted by Gasteiger charge is -2.31. The first-order chi connectivity index (χ1) is 15.9. The first-order valence-electron chi connectivity index (χ1n) is 11.1. The van der Waals surface area contributed by atoms with Gasteiger partial charge in [0.2, 0.25) is 15.9 Å². The van der Waals surface area contributed by atoms with E-state index in [1.54, 1.807) is 12.1 Å². The average molecular weight is 465 g/mol. The summed E-state index contributed by atoms with van der Waals surface area (Å²) in [6, 6.07) is 24.1. The summed E-state index contributed by atoms with van der Waals surface area (Å²) < 4.78 is 33.5. The zero-order valence-corrected chi connectivity index (χ0v) is 19.4. The summed E-state index contributed by atoms with van der Waals surface area (Å²) in [6.45, 7) is 2.53. The molecule has 1 amide bonds. The number of nitrogens with one attached hydrogen (secondary N) is 1. The Kier molecular flexibility index (Phi) is 7.11. The average Bonchev–Trinajstić information content (AvgIpc) is 2.82. The summed E-state index contributed by atoms with van der Waals surface area (Å²) >= 11 is 0. The number of carbonyl (C=O) groups excluding carboxylic acids is 1. The van der Waals surface area contributed by atoms with Gasteiger partial charge in [0.1, 0.15) is 5.75 Å². The molecule has 0 radical (unpaired) electrons. The van der Waals surface area contributed by atoms with Crippen molar-refractivity contribution in [1.82, 2.24) is 4.31 Å². The van der Waals surface area contributed by atoms with Gasteiger partial charge in [-0.2, -0.15) is 0 Å². The number of rotatable bonds is 7. The molecule has 33 heavy (non-hydrogen) atoms. The molecule has 0 aromatic heterocycles. The fourth-order valence-electron chi connectivity index (χ4n) is 3.98. The lowest BCUT2D eigenvalue weighted by atomic mass is 9.98. The number of piperidine rings is 1. The molecular weight excluding hydrogens is 436 g/mol. The van der Waals surface area contributed by atoms with E-state index in [1.807, 2.05) is 73.7 Å². The number of ether oxygens (including phenoxy) is 1. The summed E-state index contributed by atoms with van der Waals surface area (Å²) in [5.74, 6) is 0.536. The van der Waals surface area contributed by atoms with Crippen LogP contribution < -0.4 is 10.1 Å². The van der Waals surface area contributed by atoms with Crippen LogP contribution in [0, 0.1) is 12.8 Å². The van der Waals surface area contributed by atoms with Crippen molar-refractivity contribution < 1.29 is 17.9 Å². The number of amides is 1. The summed E-state index contributed by atoms with van der Waals surface area (Å²) in [5.41, 5.74) is 2.30. The van der Waals surface area contributed by atoms with Gasteiger partial charge in [0.05, 0.1) is 17.4 Å². The van der Waals surface area contributed by atoms with Gasteiger partial charge in [-0.15, -0.1) is 0 Å². The minimum atomic E-state index is -3.52. The maximum Gasteiger partial charge on any atom is 0.228 e. The summed E-state index contributed by atoms with van der Waals surface area (Å²) in [5, 5.41) is 2.95. The lowest BCUT2D eigenvalue weighted by molar-refractivity contribution is -0.120. The molecule has 3 aromatic carbocycles. The topological polar surface area (TPSA) is 75.7 Å². The number of carbonyl (C=O) groups is 1. The number of aryl methyl sites for hydroxylation is 1. The maximum atomic E-state index is 13.1. The van der Waals surface area contributed by atoms with Crippen molar-refractivity contribution in [2.45, 2.75) is 25.5 Å². The molecule has 0 aliphatic carbocycles. The van der Waals surface area contributed by atoms with E-state index in [-0.39, 0.29) is 18.2 Å². The molecule has 1 atom stereocenters. The van der Waals surface area contributed by atoms with Crippen molar-refractivity contribution in [2.75, 3.05) is 18.4 Å². The zero-order chi connectivity index (χ0) is 23.3. The van der Waals surface area contributed by atoms with Gasteiger partial charge in [-0.3, -0.25) is 4.79 Å². The van der Waals surface area contributed by atoms with Crippen LogP contribution in [-0.2, 0) is 20.6 Å². The molecule has 4 rings (SSSR count). The SMILES string of the molecule is Cc1ccccc1CS(=O)(=O)N1CCC[C@H](C(=O)Nc2ccccc2Oc2ccccc2)C1. The van der Waals surface area contributed by atoms with Crippen LogP contribution in [0.5, 0.6) is 11.5 Å². The van der Waals surface area contributed by atoms with E-state index in [1.165, 1.54) is 4.31 Å². The standard InChI is InChI=1S/C26H28N2O4S/c1-20-10-5-6-11-22(20)19-33(30,31)28-17-9-12-21(18-28)26(29)27-24-15-7-8-16-25(24)32-23-13-3-2-4-14-23/h2-8,10-11,13-16,21H,9,12,17-19H2,1H3,(H,27,29)/t21-/m0/s1. The molecule has 1 aliphatic heterocycles. The first kappa shape index (κ1) is 23.0. The molecule has 1 saturated heterocycles. The summed E-state index contributed by atoms with van der Waals surface area (Å²) in [7, 11) is -3.52. The molecule has 172 valence electrons. The quantitative estimate of drug-likeness (QED) is 0.536. The highest BCUT2D eigenvalue weighted by atomic mass is 32.2. The van der Waals surface area contributed by atoms with E-state index >= 15 is 0 Å². The molecule has 0 unspecified atom stereocenters. The van der Waals surface area contributed by atoms with Crippen molar-refractivity contribution in [3.8, 4) is 11.5 Å². The second-order valence-corrected chi connectivity index (χ2v) is 10.2. The second kappa shape index (κ2) is 10.2. The van der Waals surface area contributed by atoms with Crippen LogP contribution in [-0.4, -0.2) is 31.7 Å². The summed E-state index contributed by atoms with van der Waals surface area (Å²) in [6.07, 6.45) is 1.29. The van der Waals surface area contributed by atoms with E-state index in [0.717, 1.165) is 11.1 Å². The van der Waals surface area contributed by atoms with E-state index in [2.05, 4.69) is 5.32 Å². The molecule has 3 aromatic rings. The van der Waals surface area contributed by atoms with Crippen LogP contribution in [0.1, 0.15) is 24.0 Å². The van der Waals surface area contributed by atoms with Gasteiger partial charge in [-0.1, -0.05) is 54.6 Å². The third-order valence-corrected chi connectivity index (χ3v) is 7.66. The predicted octanol–water partition coefficient (Wildman–Crippen LogP) is 4.97. The molecule has 1 heterocycles. The minimum Gasteiger partial charge on any atom is -0.455 e. The van der Waals surface area contributed by atoms with Gasteiger partial charge in [-0.05, 0) is 55.2 Å². The largest absolute Gasteiger partial charge is 0.455 e. The first-order valence-corrected chi connectivity index (χ1v) is 12.7. The monoisotopic (exact) mass is 464 g/mol. The van der Waals surface area contributed by atoms with E-state index < -0.39 is 15.9 Å². The van der Waals surface area contributed by atoms with E-state index in [0.29, 0.717) is 36.6 Å². The number of benzene rings is 3. The minimum absolute atomic E-state index is 0.0538. The normalized spacial score (nSPS) is 16.8. The number of hydrogen-bond donors (Lipinski definition) is 1. The Balaban J connectivity index is 1.44. The molecule has 7 heteroatoms. The molecule has 6 nitrogen and oxygen atoms in total. The van der Waals surface area contributed by atoms with Gasteiger partial charge < -0.3 is 10.1 Å². The molecular formula is C26H28N2O4S. The maximum absolute atomic E-state index is 13.1. The Morgan fingerprint density at radius 3 is 2.48 bits per heavy atom. The highest BCUT2D eigenvalue weighted by Gasteiger charge is 2.33. The van der Waals surface area contributed by atoms with Crippen LogP contribution in [0.3, 0.4) is 0 Å². The third-order valence-electron chi connectivity index (χ3n) is 5.86. The van der Waals surface area contributed by atoms with E-state index in [4.69, 9.17) is 4.74 Å². The Morgan fingerprint density at radius 2 is 1.70 bits per heavy atom.